The monoisotopic (exact) mass is 282 g/mol. The van der Waals surface area contributed by atoms with Gasteiger partial charge in [0.15, 0.2) is 0 Å². The number of hydrogen-bond acceptors (Lipinski definition) is 3. The number of ether oxygens (including phenoxy) is 1. The summed E-state index contributed by atoms with van der Waals surface area (Å²) in [5.41, 5.74) is 0.674. The van der Waals surface area contributed by atoms with Crippen molar-refractivity contribution in [1.82, 2.24) is 0 Å². The molecule has 0 radical (unpaired) electrons. The molecule has 4 heteroatoms. The third kappa shape index (κ3) is 3.24. The lowest BCUT2D eigenvalue weighted by molar-refractivity contribution is 0.0501. The third-order valence-corrected chi connectivity index (χ3v) is 3.94. The zero-order valence-corrected chi connectivity index (χ0v) is 11.6. The molecular weight excluding hydrogens is 268 g/mol. The summed E-state index contributed by atoms with van der Waals surface area (Å²) < 4.78 is 6.38. The second-order valence-corrected chi connectivity index (χ2v) is 5.32. The highest BCUT2D eigenvalue weighted by Gasteiger charge is 2.12. The van der Waals surface area contributed by atoms with Gasteiger partial charge in [-0.15, -0.1) is 22.9 Å². The van der Waals surface area contributed by atoms with E-state index >= 15 is 0 Å². The fraction of sp³-hybridized carbons (Fsp3) is 0.357. The zero-order valence-electron chi connectivity index (χ0n) is 10.0. The Morgan fingerprint density at radius 2 is 2.06 bits per heavy atom. The van der Waals surface area contributed by atoms with E-state index in [-0.39, 0.29) is 5.97 Å². The third-order valence-electron chi connectivity index (χ3n) is 2.71. The van der Waals surface area contributed by atoms with Gasteiger partial charge in [0.05, 0.1) is 12.2 Å². The van der Waals surface area contributed by atoms with E-state index in [1.165, 1.54) is 0 Å². The van der Waals surface area contributed by atoms with Crippen LogP contribution in [-0.2, 0) is 4.74 Å². The lowest BCUT2D eigenvalue weighted by Gasteiger charge is -2.03. The van der Waals surface area contributed by atoms with Gasteiger partial charge in [0.25, 0.3) is 0 Å². The molecule has 2 aromatic rings. The number of carbonyl (C=O) groups is 1. The molecule has 0 saturated carbocycles. The molecule has 0 bridgehead atoms. The van der Waals surface area contributed by atoms with Crippen molar-refractivity contribution < 1.29 is 9.53 Å². The summed E-state index contributed by atoms with van der Waals surface area (Å²) in [4.78, 5) is 11.9. The van der Waals surface area contributed by atoms with E-state index < -0.39 is 0 Å². The Balaban J connectivity index is 1.93. The first-order valence-corrected chi connectivity index (χ1v) is 7.43. The van der Waals surface area contributed by atoms with E-state index in [2.05, 4.69) is 0 Å². The summed E-state index contributed by atoms with van der Waals surface area (Å²) in [5.74, 6) is 0.446. The van der Waals surface area contributed by atoms with Gasteiger partial charge < -0.3 is 4.74 Å². The first kappa shape index (κ1) is 13.4. The van der Waals surface area contributed by atoms with Crippen LogP contribution in [0.5, 0.6) is 0 Å². The summed E-state index contributed by atoms with van der Waals surface area (Å²) >= 11 is 7.15. The van der Waals surface area contributed by atoms with Gasteiger partial charge in [-0.05, 0) is 25.3 Å². The fourth-order valence-electron chi connectivity index (χ4n) is 1.75. The smallest absolute Gasteiger partial charge is 0.339 e. The van der Waals surface area contributed by atoms with Crippen LogP contribution in [0.15, 0.2) is 29.6 Å². The van der Waals surface area contributed by atoms with Gasteiger partial charge >= 0.3 is 5.97 Å². The summed E-state index contributed by atoms with van der Waals surface area (Å²) in [6.45, 7) is 0.472. The van der Waals surface area contributed by atoms with Crippen LogP contribution >= 0.6 is 22.9 Å². The molecule has 0 atom stereocenters. The average Bonchev–Trinajstić information content (AvgIpc) is 2.82. The van der Waals surface area contributed by atoms with Gasteiger partial charge in [-0.25, -0.2) is 4.79 Å². The number of halogens is 1. The molecule has 1 aromatic heterocycles. The van der Waals surface area contributed by atoms with Crippen molar-refractivity contribution >= 4 is 39.0 Å². The maximum absolute atomic E-state index is 11.9. The summed E-state index contributed by atoms with van der Waals surface area (Å²) in [7, 11) is 0. The molecule has 0 N–H and O–H groups in total. The Hall–Kier alpha value is -1.06. The largest absolute Gasteiger partial charge is 0.462 e. The van der Waals surface area contributed by atoms with Crippen molar-refractivity contribution in [2.75, 3.05) is 12.5 Å². The number of fused-ring (bicyclic) bond motifs is 1. The number of carbonyl (C=O) groups excluding carboxylic acids is 1. The minimum absolute atomic E-state index is 0.224. The molecule has 0 aliphatic rings. The quantitative estimate of drug-likeness (QED) is 0.444. The van der Waals surface area contributed by atoms with Crippen molar-refractivity contribution in [2.45, 2.75) is 19.3 Å². The average molecular weight is 283 g/mol. The Morgan fingerprint density at radius 1 is 1.22 bits per heavy atom. The van der Waals surface area contributed by atoms with E-state index in [0.29, 0.717) is 18.1 Å². The van der Waals surface area contributed by atoms with Gasteiger partial charge in [0.1, 0.15) is 0 Å². The summed E-state index contributed by atoms with van der Waals surface area (Å²) in [6, 6.07) is 7.87. The second-order valence-electron chi connectivity index (χ2n) is 4.03. The maximum atomic E-state index is 11.9. The first-order valence-electron chi connectivity index (χ1n) is 6.02. The predicted molar refractivity (Wildman–Crippen MR) is 76.7 cm³/mol. The van der Waals surface area contributed by atoms with Crippen LogP contribution in [0.25, 0.3) is 10.1 Å². The molecule has 1 heterocycles. The van der Waals surface area contributed by atoms with Crippen LogP contribution in [-0.4, -0.2) is 18.5 Å². The fourth-order valence-corrected chi connectivity index (χ4v) is 2.87. The lowest BCUT2D eigenvalue weighted by atomic mass is 10.2. The van der Waals surface area contributed by atoms with Crippen molar-refractivity contribution in [1.29, 1.82) is 0 Å². The molecule has 2 rings (SSSR count). The molecule has 0 spiro atoms. The zero-order chi connectivity index (χ0) is 12.8. The summed E-state index contributed by atoms with van der Waals surface area (Å²) in [5, 5.41) is 2.85. The number of alkyl halides is 1. The minimum Gasteiger partial charge on any atom is -0.462 e. The highest BCUT2D eigenvalue weighted by atomic mass is 35.5. The highest BCUT2D eigenvalue weighted by Crippen LogP contribution is 2.26. The van der Waals surface area contributed by atoms with Gasteiger partial charge in [-0.1, -0.05) is 18.2 Å². The van der Waals surface area contributed by atoms with Crippen LogP contribution in [0, 0.1) is 0 Å². The summed E-state index contributed by atoms with van der Waals surface area (Å²) in [6.07, 6.45) is 2.85. The molecule has 0 aliphatic heterocycles. The van der Waals surface area contributed by atoms with Crippen LogP contribution in [0.3, 0.4) is 0 Å². The van der Waals surface area contributed by atoms with Crippen molar-refractivity contribution in [2.24, 2.45) is 0 Å². The molecule has 2 nitrogen and oxygen atoms in total. The Morgan fingerprint density at radius 3 is 2.89 bits per heavy atom. The van der Waals surface area contributed by atoms with Crippen LogP contribution in [0.2, 0.25) is 0 Å². The van der Waals surface area contributed by atoms with Gasteiger partial charge in [0.2, 0.25) is 0 Å². The van der Waals surface area contributed by atoms with E-state index in [1.54, 1.807) is 11.3 Å². The second kappa shape index (κ2) is 6.76. The minimum atomic E-state index is -0.224. The highest BCUT2D eigenvalue weighted by molar-refractivity contribution is 7.17. The van der Waals surface area contributed by atoms with Gasteiger partial charge in [-0.2, -0.15) is 0 Å². The molecule has 0 aliphatic carbocycles. The van der Waals surface area contributed by atoms with E-state index in [0.717, 1.165) is 29.3 Å². The Labute approximate surface area is 116 Å². The maximum Gasteiger partial charge on any atom is 0.339 e. The van der Waals surface area contributed by atoms with E-state index in [4.69, 9.17) is 16.3 Å². The van der Waals surface area contributed by atoms with E-state index in [1.807, 2.05) is 29.6 Å². The predicted octanol–water partition coefficient (Wildman–Crippen LogP) is 4.47. The molecule has 18 heavy (non-hydrogen) atoms. The number of hydrogen-bond donors (Lipinski definition) is 0. The number of rotatable bonds is 6. The van der Waals surface area contributed by atoms with Gasteiger partial charge in [-0.3, -0.25) is 0 Å². The van der Waals surface area contributed by atoms with Crippen LogP contribution in [0.1, 0.15) is 29.6 Å². The van der Waals surface area contributed by atoms with E-state index in [9.17, 15) is 4.79 Å². The molecule has 0 fully saturated rings. The molecule has 0 unspecified atom stereocenters. The number of esters is 1. The van der Waals surface area contributed by atoms with Crippen molar-refractivity contribution in [3.8, 4) is 0 Å². The number of benzene rings is 1. The van der Waals surface area contributed by atoms with Crippen LogP contribution < -0.4 is 0 Å². The topological polar surface area (TPSA) is 26.3 Å². The molecule has 1 aromatic carbocycles. The first-order chi connectivity index (χ1) is 8.83. The normalized spacial score (nSPS) is 10.7. The van der Waals surface area contributed by atoms with Crippen molar-refractivity contribution in [3.05, 3.63) is 35.2 Å². The van der Waals surface area contributed by atoms with Crippen molar-refractivity contribution in [3.63, 3.8) is 0 Å². The Kier molecular flexibility index (Phi) is 5.02. The molecular formula is C14H15ClO2S. The molecule has 0 saturated heterocycles. The lowest BCUT2D eigenvalue weighted by Crippen LogP contribution is -2.05. The number of thiophene rings is 1. The SMILES string of the molecule is O=C(OCCCCCCl)c1csc2ccccc12. The van der Waals surface area contributed by atoms with Crippen LogP contribution in [0.4, 0.5) is 0 Å². The Bertz CT molecular complexity index is 521. The van der Waals surface area contributed by atoms with Gasteiger partial charge in [0, 0.05) is 21.3 Å². The molecule has 96 valence electrons. The molecule has 0 amide bonds. The standard InChI is InChI=1S/C14H15ClO2S/c15-8-4-1-5-9-17-14(16)12-10-18-13-7-3-2-6-11(12)13/h2-3,6-7,10H,1,4-5,8-9H2. The number of unbranched alkanes of at least 4 members (excludes halogenated alkanes) is 2.